The van der Waals surface area contributed by atoms with E-state index in [4.69, 9.17) is 4.74 Å². The maximum Gasteiger partial charge on any atom is 0.343 e. The normalized spacial score (nSPS) is 12.4. The van der Waals surface area contributed by atoms with Gasteiger partial charge in [0.15, 0.2) is 5.82 Å². The summed E-state index contributed by atoms with van der Waals surface area (Å²) in [6.07, 6.45) is 1.23. The van der Waals surface area contributed by atoms with Gasteiger partial charge in [0, 0.05) is 6.07 Å². The lowest BCUT2D eigenvalue weighted by atomic mass is 10.1. The van der Waals surface area contributed by atoms with Crippen LogP contribution in [-0.4, -0.2) is 56.4 Å². The molecule has 3 amide bonds. The average molecular weight is 463 g/mol. The number of esters is 1. The van der Waals surface area contributed by atoms with Gasteiger partial charge in [0.1, 0.15) is 17.7 Å². The van der Waals surface area contributed by atoms with E-state index in [1.807, 2.05) is 0 Å². The molecular formula is C22H17N5O7. The molecular weight excluding hydrogens is 446 g/mol. The summed E-state index contributed by atoms with van der Waals surface area (Å²) in [7, 11) is 0. The summed E-state index contributed by atoms with van der Waals surface area (Å²) in [5.74, 6) is -3.35. The lowest BCUT2D eigenvalue weighted by molar-refractivity contribution is -0.385. The topological polar surface area (TPSA) is 154 Å². The molecule has 0 saturated carbocycles. The van der Waals surface area contributed by atoms with Gasteiger partial charge < -0.3 is 10.1 Å². The predicted molar refractivity (Wildman–Crippen MR) is 117 cm³/mol. The number of nitrogens with one attached hydrogen (secondary N) is 1. The summed E-state index contributed by atoms with van der Waals surface area (Å²) in [6.45, 7) is 0.988. The van der Waals surface area contributed by atoms with Gasteiger partial charge in [0.2, 0.25) is 5.91 Å². The molecule has 0 radical (unpaired) electrons. The molecule has 0 unspecified atom stereocenters. The molecule has 1 N–H and O–H groups in total. The highest BCUT2D eigenvalue weighted by atomic mass is 16.6. The third kappa shape index (κ3) is 3.88. The number of nitro benzene ring substituents is 1. The summed E-state index contributed by atoms with van der Waals surface area (Å²) in [4.78, 5) is 61.8. The number of nitro groups is 1. The number of fused-ring (bicyclic) bond motifs is 1. The fourth-order valence-electron chi connectivity index (χ4n) is 3.52. The maximum absolute atomic E-state index is 12.9. The largest absolute Gasteiger partial charge is 0.462 e. The van der Waals surface area contributed by atoms with Crippen molar-refractivity contribution in [3.63, 3.8) is 0 Å². The number of ether oxygens (including phenoxy) is 1. The van der Waals surface area contributed by atoms with Crippen LogP contribution < -0.4 is 5.32 Å². The second-order valence-electron chi connectivity index (χ2n) is 7.08. The van der Waals surface area contributed by atoms with E-state index in [2.05, 4.69) is 10.4 Å². The number of para-hydroxylation sites is 1. The fourth-order valence-corrected chi connectivity index (χ4v) is 3.52. The molecule has 0 saturated heterocycles. The Balaban J connectivity index is 1.62. The van der Waals surface area contributed by atoms with Crippen LogP contribution in [0.25, 0.3) is 5.69 Å². The van der Waals surface area contributed by atoms with Crippen LogP contribution in [0.5, 0.6) is 0 Å². The van der Waals surface area contributed by atoms with Crippen LogP contribution in [0.1, 0.15) is 38.0 Å². The third-order valence-electron chi connectivity index (χ3n) is 5.00. The van der Waals surface area contributed by atoms with Gasteiger partial charge in [0.25, 0.3) is 17.5 Å². The minimum atomic E-state index is -0.954. The van der Waals surface area contributed by atoms with E-state index in [0.717, 1.165) is 6.07 Å². The number of imide groups is 1. The number of benzene rings is 2. The van der Waals surface area contributed by atoms with Crippen molar-refractivity contribution in [1.29, 1.82) is 0 Å². The zero-order chi connectivity index (χ0) is 24.4. The molecule has 0 spiro atoms. The van der Waals surface area contributed by atoms with Crippen molar-refractivity contribution < 1.29 is 28.8 Å². The molecule has 12 nitrogen and oxygen atoms in total. The standard InChI is InChI=1S/C22H17N5O7/c1-2-34-22(31)15-11-23-26(13-7-4-3-5-8-13)19(15)24-17(28)12-25-20(29)14-9-6-10-16(27(32)33)18(14)21(25)30/h3-11H,2,12H2,1H3,(H,24,28). The Kier molecular flexibility index (Phi) is 5.87. The minimum Gasteiger partial charge on any atom is -0.462 e. The predicted octanol–water partition coefficient (Wildman–Crippen LogP) is 2.19. The van der Waals surface area contributed by atoms with Crippen LogP contribution in [0, 0.1) is 10.1 Å². The Labute approximate surface area is 191 Å². The van der Waals surface area contributed by atoms with E-state index in [1.165, 1.54) is 23.0 Å². The van der Waals surface area contributed by atoms with E-state index in [9.17, 15) is 29.3 Å². The number of hydrogen-bond acceptors (Lipinski definition) is 8. The highest BCUT2D eigenvalue weighted by Crippen LogP contribution is 2.30. The molecule has 0 fully saturated rings. The Morgan fingerprint density at radius 2 is 1.82 bits per heavy atom. The highest BCUT2D eigenvalue weighted by molar-refractivity contribution is 6.24. The van der Waals surface area contributed by atoms with Crippen molar-refractivity contribution in [1.82, 2.24) is 14.7 Å². The van der Waals surface area contributed by atoms with Crippen molar-refractivity contribution in [2.75, 3.05) is 18.5 Å². The summed E-state index contributed by atoms with van der Waals surface area (Å²) in [5, 5.41) is 17.9. The SMILES string of the molecule is CCOC(=O)c1cnn(-c2ccccc2)c1NC(=O)CN1C(=O)c2cccc([N+](=O)[O-])c2C1=O. The second kappa shape index (κ2) is 8.94. The molecule has 2 heterocycles. The monoisotopic (exact) mass is 463 g/mol. The van der Waals surface area contributed by atoms with Crippen LogP contribution in [-0.2, 0) is 9.53 Å². The average Bonchev–Trinajstić information content (AvgIpc) is 3.34. The van der Waals surface area contributed by atoms with Crippen molar-refractivity contribution >= 4 is 35.2 Å². The summed E-state index contributed by atoms with van der Waals surface area (Å²) in [5.41, 5.74) is -0.548. The van der Waals surface area contributed by atoms with Crippen molar-refractivity contribution in [3.05, 3.63) is 81.5 Å². The number of rotatable bonds is 7. The van der Waals surface area contributed by atoms with Crippen molar-refractivity contribution in [2.45, 2.75) is 6.92 Å². The quantitative estimate of drug-likeness (QED) is 0.242. The Bertz CT molecular complexity index is 1330. The molecule has 0 bridgehead atoms. The number of hydrogen-bond donors (Lipinski definition) is 1. The zero-order valence-electron chi connectivity index (χ0n) is 17.8. The van der Waals surface area contributed by atoms with Gasteiger partial charge in [-0.15, -0.1) is 0 Å². The lowest BCUT2D eigenvalue weighted by Gasteiger charge is -2.15. The van der Waals surface area contributed by atoms with E-state index < -0.39 is 40.8 Å². The van der Waals surface area contributed by atoms with E-state index in [1.54, 1.807) is 37.3 Å². The molecule has 1 aliphatic rings. The third-order valence-corrected chi connectivity index (χ3v) is 5.00. The summed E-state index contributed by atoms with van der Waals surface area (Å²) in [6, 6.07) is 12.3. The first-order valence-electron chi connectivity index (χ1n) is 10.1. The zero-order valence-corrected chi connectivity index (χ0v) is 17.8. The van der Waals surface area contributed by atoms with Gasteiger partial charge in [-0.3, -0.25) is 29.4 Å². The minimum absolute atomic E-state index is 0.0164. The summed E-state index contributed by atoms with van der Waals surface area (Å²) >= 11 is 0. The Hall–Kier alpha value is -4.87. The molecule has 34 heavy (non-hydrogen) atoms. The number of aromatic nitrogens is 2. The molecule has 172 valence electrons. The number of nitrogens with zero attached hydrogens (tertiary/aromatic N) is 4. The first kappa shape index (κ1) is 22.3. The highest BCUT2D eigenvalue weighted by Gasteiger charge is 2.41. The molecule has 0 atom stereocenters. The Morgan fingerprint density at radius 1 is 1.09 bits per heavy atom. The van der Waals surface area contributed by atoms with Crippen LogP contribution >= 0.6 is 0 Å². The molecule has 2 aromatic carbocycles. The first-order valence-corrected chi connectivity index (χ1v) is 10.1. The lowest BCUT2D eigenvalue weighted by Crippen LogP contribution is -2.38. The number of carbonyl (C=O) groups excluding carboxylic acids is 4. The molecule has 0 aliphatic carbocycles. The Morgan fingerprint density at radius 3 is 2.50 bits per heavy atom. The van der Waals surface area contributed by atoms with Gasteiger partial charge in [-0.05, 0) is 25.1 Å². The van der Waals surface area contributed by atoms with Crippen LogP contribution in [0.2, 0.25) is 0 Å². The first-order chi connectivity index (χ1) is 16.3. The molecule has 1 aromatic heterocycles. The molecule has 1 aliphatic heterocycles. The number of amides is 3. The maximum atomic E-state index is 12.9. The fraction of sp³-hybridized carbons (Fsp3) is 0.136. The van der Waals surface area contributed by atoms with Gasteiger partial charge in [-0.25, -0.2) is 9.48 Å². The van der Waals surface area contributed by atoms with Crippen molar-refractivity contribution in [2.24, 2.45) is 0 Å². The van der Waals surface area contributed by atoms with E-state index in [0.29, 0.717) is 10.6 Å². The van der Waals surface area contributed by atoms with Crippen LogP contribution in [0.4, 0.5) is 11.5 Å². The van der Waals surface area contributed by atoms with E-state index in [-0.39, 0.29) is 29.1 Å². The van der Waals surface area contributed by atoms with Gasteiger partial charge in [-0.1, -0.05) is 24.3 Å². The van der Waals surface area contributed by atoms with Crippen LogP contribution in [0.3, 0.4) is 0 Å². The van der Waals surface area contributed by atoms with Gasteiger partial charge >= 0.3 is 5.97 Å². The smallest absolute Gasteiger partial charge is 0.343 e. The number of anilines is 1. The second-order valence-corrected chi connectivity index (χ2v) is 7.08. The molecule has 3 aromatic rings. The van der Waals surface area contributed by atoms with E-state index >= 15 is 0 Å². The van der Waals surface area contributed by atoms with Gasteiger partial charge in [-0.2, -0.15) is 5.10 Å². The van der Waals surface area contributed by atoms with Gasteiger partial charge in [0.05, 0.1) is 29.0 Å². The van der Waals surface area contributed by atoms with Crippen LogP contribution in [0.15, 0.2) is 54.7 Å². The number of carbonyl (C=O) groups is 4. The molecule has 12 heteroatoms. The summed E-state index contributed by atoms with van der Waals surface area (Å²) < 4.78 is 6.32. The molecule has 4 rings (SSSR count). The van der Waals surface area contributed by atoms with Crippen molar-refractivity contribution in [3.8, 4) is 5.69 Å².